The lowest BCUT2D eigenvalue weighted by Crippen LogP contribution is -2.29. The van der Waals surface area contributed by atoms with E-state index in [1.54, 1.807) is 13.4 Å². The first-order valence-corrected chi connectivity index (χ1v) is 9.15. The molecule has 0 saturated carbocycles. The number of ether oxygens (including phenoxy) is 1. The molecule has 0 bridgehead atoms. The third-order valence-corrected chi connectivity index (χ3v) is 4.92. The molecule has 1 aromatic carbocycles. The molecule has 0 radical (unpaired) electrons. The van der Waals surface area contributed by atoms with Crippen molar-refractivity contribution >= 4 is 32.6 Å². The van der Waals surface area contributed by atoms with Crippen LogP contribution >= 0.6 is 11.3 Å². The third-order valence-electron chi connectivity index (χ3n) is 4.09. The lowest BCUT2D eigenvalue weighted by atomic mass is 10.1. The van der Waals surface area contributed by atoms with Gasteiger partial charge in [0.05, 0.1) is 16.3 Å². The smallest absolute Gasteiger partial charge is 0.251 e. The quantitative estimate of drug-likeness (QED) is 0.615. The van der Waals surface area contributed by atoms with Crippen LogP contribution in [0.4, 0.5) is 5.13 Å². The molecule has 0 fully saturated rings. The number of hydrogen-bond acceptors (Lipinski definition) is 7. The van der Waals surface area contributed by atoms with E-state index in [1.165, 1.54) is 11.3 Å². The molecule has 0 unspecified atom stereocenters. The van der Waals surface area contributed by atoms with Crippen molar-refractivity contribution in [2.24, 2.45) is 0 Å². The highest BCUT2D eigenvalue weighted by Crippen LogP contribution is 2.27. The van der Waals surface area contributed by atoms with Gasteiger partial charge in [-0.25, -0.2) is 4.98 Å². The summed E-state index contributed by atoms with van der Waals surface area (Å²) in [6.45, 7) is 5.22. The molecule has 2 heterocycles. The Morgan fingerprint density at radius 2 is 2.27 bits per heavy atom. The van der Waals surface area contributed by atoms with Crippen LogP contribution in [0.3, 0.4) is 0 Å². The van der Waals surface area contributed by atoms with Crippen LogP contribution < -0.4 is 11.1 Å². The minimum absolute atomic E-state index is 0.166. The summed E-state index contributed by atoms with van der Waals surface area (Å²) in [5.41, 5.74) is 8.13. The highest BCUT2D eigenvalue weighted by molar-refractivity contribution is 7.22. The van der Waals surface area contributed by atoms with E-state index in [2.05, 4.69) is 20.5 Å². The molecule has 3 aromatic rings. The average Bonchev–Trinajstić information content (AvgIpc) is 3.21. The summed E-state index contributed by atoms with van der Waals surface area (Å²) in [6, 6.07) is 3.38. The van der Waals surface area contributed by atoms with Crippen molar-refractivity contribution in [3.8, 4) is 0 Å². The summed E-state index contributed by atoms with van der Waals surface area (Å²) in [6.07, 6.45) is 2.52. The Hall–Kier alpha value is -2.52. The predicted molar refractivity (Wildman–Crippen MR) is 101 cm³/mol. The molecular weight excluding hydrogens is 352 g/mol. The van der Waals surface area contributed by atoms with Gasteiger partial charge in [-0.3, -0.25) is 4.79 Å². The third kappa shape index (κ3) is 3.83. The van der Waals surface area contributed by atoms with E-state index in [9.17, 15) is 4.79 Å². The minimum Gasteiger partial charge on any atom is -0.385 e. The number of aromatic nitrogens is 4. The maximum absolute atomic E-state index is 12.7. The summed E-state index contributed by atoms with van der Waals surface area (Å²) in [5.74, 6) is 0.551. The summed E-state index contributed by atoms with van der Waals surface area (Å²) in [5, 5.41) is 11.6. The van der Waals surface area contributed by atoms with E-state index in [0.29, 0.717) is 23.1 Å². The van der Waals surface area contributed by atoms with Crippen molar-refractivity contribution in [3.05, 3.63) is 35.4 Å². The fourth-order valence-corrected chi connectivity index (χ4v) is 3.69. The van der Waals surface area contributed by atoms with Gasteiger partial charge in [-0.05, 0) is 38.0 Å². The Bertz CT molecular complexity index is 919. The van der Waals surface area contributed by atoms with Crippen molar-refractivity contribution in [2.45, 2.75) is 32.9 Å². The summed E-state index contributed by atoms with van der Waals surface area (Å²) in [7, 11) is 1.67. The Kier molecular flexibility index (Phi) is 5.48. The number of methoxy groups -OCH3 is 1. The number of nitrogens with two attached hydrogens (primary N) is 1. The zero-order valence-electron chi connectivity index (χ0n) is 15.0. The van der Waals surface area contributed by atoms with Crippen LogP contribution in [0.25, 0.3) is 10.2 Å². The standard InChI is InChI=1S/C17H22N6O2S/c1-10-7-12(8-13-14(10)21-17(18)26-13)16(24)20-11(2)15-22-19-9-23(15)5-4-6-25-3/h7-9,11H,4-6H2,1-3H3,(H2,18,21)(H,20,24)/t11-/m0/s1. The zero-order valence-corrected chi connectivity index (χ0v) is 15.8. The number of thiazole rings is 1. The number of nitrogens with zero attached hydrogens (tertiary/aromatic N) is 4. The Morgan fingerprint density at radius 3 is 3.04 bits per heavy atom. The number of nitrogen functional groups attached to an aromatic ring is 1. The van der Waals surface area contributed by atoms with Crippen LogP contribution in [0.1, 0.15) is 41.1 Å². The molecule has 138 valence electrons. The monoisotopic (exact) mass is 374 g/mol. The number of anilines is 1. The maximum Gasteiger partial charge on any atom is 0.251 e. The van der Waals surface area contributed by atoms with Crippen LogP contribution in [0, 0.1) is 6.92 Å². The molecule has 0 spiro atoms. The maximum atomic E-state index is 12.7. The van der Waals surface area contributed by atoms with E-state index in [1.807, 2.05) is 30.5 Å². The summed E-state index contributed by atoms with van der Waals surface area (Å²) < 4.78 is 7.91. The molecule has 2 aromatic heterocycles. The second-order valence-electron chi connectivity index (χ2n) is 6.12. The van der Waals surface area contributed by atoms with E-state index >= 15 is 0 Å². The van der Waals surface area contributed by atoms with Gasteiger partial charge in [-0.15, -0.1) is 10.2 Å². The zero-order chi connectivity index (χ0) is 18.7. The first-order valence-electron chi connectivity index (χ1n) is 8.33. The molecule has 0 aliphatic carbocycles. The van der Waals surface area contributed by atoms with E-state index in [4.69, 9.17) is 10.5 Å². The summed E-state index contributed by atoms with van der Waals surface area (Å²) in [4.78, 5) is 17.0. The van der Waals surface area contributed by atoms with Gasteiger partial charge >= 0.3 is 0 Å². The molecule has 8 nitrogen and oxygen atoms in total. The first kappa shape index (κ1) is 18.3. The van der Waals surface area contributed by atoms with Gasteiger partial charge in [0.15, 0.2) is 11.0 Å². The molecular formula is C17H22N6O2S. The molecule has 0 saturated heterocycles. The fraction of sp³-hybridized carbons (Fsp3) is 0.412. The molecule has 0 aliphatic heterocycles. The second-order valence-corrected chi connectivity index (χ2v) is 7.18. The SMILES string of the molecule is COCCCn1cnnc1[C@H](C)NC(=O)c1cc(C)c2nc(N)sc2c1. The Labute approximate surface area is 155 Å². The van der Waals surface area contributed by atoms with Crippen LogP contribution in [0.5, 0.6) is 0 Å². The van der Waals surface area contributed by atoms with Crippen molar-refractivity contribution in [3.63, 3.8) is 0 Å². The number of benzene rings is 1. The summed E-state index contributed by atoms with van der Waals surface area (Å²) >= 11 is 1.38. The van der Waals surface area contributed by atoms with Gasteiger partial charge in [-0.2, -0.15) is 0 Å². The van der Waals surface area contributed by atoms with Gasteiger partial charge in [0.1, 0.15) is 6.33 Å². The molecule has 9 heteroatoms. The largest absolute Gasteiger partial charge is 0.385 e. The number of carbonyl (C=O) groups excluding carboxylic acids is 1. The number of aryl methyl sites for hydroxylation is 2. The number of hydrogen-bond donors (Lipinski definition) is 2. The molecule has 0 aliphatic rings. The molecule has 1 amide bonds. The number of rotatable bonds is 7. The topological polar surface area (TPSA) is 108 Å². The Morgan fingerprint density at radius 1 is 1.46 bits per heavy atom. The van der Waals surface area contributed by atoms with Gasteiger partial charge in [0.2, 0.25) is 0 Å². The highest BCUT2D eigenvalue weighted by Gasteiger charge is 2.18. The van der Waals surface area contributed by atoms with E-state index < -0.39 is 0 Å². The molecule has 3 N–H and O–H groups in total. The van der Waals surface area contributed by atoms with E-state index in [-0.39, 0.29) is 11.9 Å². The number of carbonyl (C=O) groups is 1. The molecule has 3 rings (SSSR count). The first-order chi connectivity index (χ1) is 12.5. The van der Waals surface area contributed by atoms with Crippen LogP contribution in [0.15, 0.2) is 18.5 Å². The second kappa shape index (κ2) is 7.79. The van der Waals surface area contributed by atoms with Gasteiger partial charge in [0.25, 0.3) is 5.91 Å². The van der Waals surface area contributed by atoms with Crippen molar-refractivity contribution < 1.29 is 9.53 Å². The lowest BCUT2D eigenvalue weighted by molar-refractivity contribution is 0.0937. The van der Waals surface area contributed by atoms with Gasteiger partial charge < -0.3 is 20.4 Å². The predicted octanol–water partition coefficient (Wildman–Crippen LogP) is 2.31. The Balaban J connectivity index is 1.74. The normalized spacial score (nSPS) is 12.4. The number of amides is 1. The number of nitrogens with one attached hydrogen (secondary N) is 1. The molecule has 26 heavy (non-hydrogen) atoms. The van der Waals surface area contributed by atoms with Crippen LogP contribution in [-0.4, -0.2) is 39.4 Å². The van der Waals surface area contributed by atoms with Crippen molar-refractivity contribution in [1.82, 2.24) is 25.1 Å². The molecule has 1 atom stereocenters. The van der Waals surface area contributed by atoms with Crippen LogP contribution in [0.2, 0.25) is 0 Å². The van der Waals surface area contributed by atoms with Crippen molar-refractivity contribution in [1.29, 1.82) is 0 Å². The van der Waals surface area contributed by atoms with Crippen LogP contribution in [-0.2, 0) is 11.3 Å². The number of fused-ring (bicyclic) bond motifs is 1. The van der Waals surface area contributed by atoms with Gasteiger partial charge in [-0.1, -0.05) is 11.3 Å². The fourth-order valence-electron chi connectivity index (χ4n) is 2.84. The van der Waals surface area contributed by atoms with Gasteiger partial charge in [0, 0.05) is 25.8 Å². The van der Waals surface area contributed by atoms with E-state index in [0.717, 1.165) is 28.7 Å². The lowest BCUT2D eigenvalue weighted by Gasteiger charge is -2.15. The average molecular weight is 374 g/mol. The highest BCUT2D eigenvalue weighted by atomic mass is 32.1. The minimum atomic E-state index is -0.268. The van der Waals surface area contributed by atoms with Crippen molar-refractivity contribution in [2.75, 3.05) is 19.5 Å².